The number of rotatable bonds is 1. The van der Waals surface area contributed by atoms with Crippen molar-refractivity contribution in [3.8, 4) is 0 Å². The highest BCUT2D eigenvalue weighted by Gasteiger charge is 2.07. The van der Waals surface area contributed by atoms with Crippen LogP contribution in [0, 0.1) is 0 Å². The number of hydrogen-bond acceptors (Lipinski definition) is 4. The summed E-state index contributed by atoms with van der Waals surface area (Å²) < 4.78 is 4.55. The molecule has 0 saturated carbocycles. The van der Waals surface area contributed by atoms with Crippen LogP contribution < -0.4 is 10.6 Å². The van der Waals surface area contributed by atoms with Crippen molar-refractivity contribution in [3.63, 3.8) is 0 Å². The van der Waals surface area contributed by atoms with E-state index in [-0.39, 0.29) is 11.5 Å². The lowest BCUT2D eigenvalue weighted by atomic mass is 10.2. The molecule has 1 fully saturated rings. The lowest BCUT2D eigenvalue weighted by molar-refractivity contribution is -0.138. The monoisotopic (exact) mass is 202 g/mol. The van der Waals surface area contributed by atoms with E-state index >= 15 is 0 Å². The summed E-state index contributed by atoms with van der Waals surface area (Å²) in [5.41, 5.74) is -0.318. The molecule has 1 heterocycles. The molecule has 5 heteroatoms. The maximum atomic E-state index is 10.3. The molecule has 5 nitrogen and oxygen atoms in total. The Balaban J connectivity index is 0.000000241. The Hall–Kier alpha value is -1.10. The van der Waals surface area contributed by atoms with Crippen molar-refractivity contribution in [2.24, 2.45) is 0 Å². The third-order valence-electron chi connectivity index (χ3n) is 1.31. The predicted octanol–water partition coefficient (Wildman–Crippen LogP) is -0.336. The second-order valence-electron chi connectivity index (χ2n) is 3.85. The van der Waals surface area contributed by atoms with Crippen molar-refractivity contribution >= 4 is 12.4 Å². The topological polar surface area (TPSA) is 67.4 Å². The summed E-state index contributed by atoms with van der Waals surface area (Å²) in [6.45, 7) is 8.09. The van der Waals surface area contributed by atoms with E-state index in [0.29, 0.717) is 13.0 Å². The van der Waals surface area contributed by atoms with Gasteiger partial charge in [-0.1, -0.05) is 0 Å². The molecule has 0 radical (unpaired) electrons. The summed E-state index contributed by atoms with van der Waals surface area (Å²) in [6, 6.07) is 0. The summed E-state index contributed by atoms with van der Waals surface area (Å²) in [5.74, 6) is 0.103. The first-order valence-corrected chi connectivity index (χ1v) is 4.54. The first-order valence-electron chi connectivity index (χ1n) is 4.54. The number of piperazine rings is 1. The van der Waals surface area contributed by atoms with Gasteiger partial charge in [0.2, 0.25) is 5.91 Å². The van der Waals surface area contributed by atoms with Crippen LogP contribution in [0.5, 0.6) is 0 Å². The number of ether oxygens (including phenoxy) is 1. The van der Waals surface area contributed by atoms with Crippen LogP contribution in [0.1, 0.15) is 20.8 Å². The Morgan fingerprint density at radius 2 is 2.00 bits per heavy atom. The first kappa shape index (κ1) is 12.9. The fourth-order valence-electron chi connectivity index (χ4n) is 0.699. The van der Waals surface area contributed by atoms with Crippen molar-refractivity contribution in [1.82, 2.24) is 10.6 Å². The Bertz CT molecular complexity index is 179. The van der Waals surface area contributed by atoms with Crippen LogP contribution in [0.2, 0.25) is 0 Å². The Labute approximate surface area is 84.2 Å². The van der Waals surface area contributed by atoms with Gasteiger partial charge in [0.15, 0.2) is 0 Å². The van der Waals surface area contributed by atoms with Crippen LogP contribution in [0.15, 0.2) is 0 Å². The van der Waals surface area contributed by atoms with Gasteiger partial charge in [0.25, 0.3) is 6.47 Å². The highest BCUT2D eigenvalue weighted by atomic mass is 16.5. The minimum absolute atomic E-state index is 0.103. The summed E-state index contributed by atoms with van der Waals surface area (Å²) in [7, 11) is 0. The Morgan fingerprint density at radius 1 is 1.36 bits per heavy atom. The molecule has 0 aromatic carbocycles. The largest absolute Gasteiger partial charge is 0.462 e. The molecular weight excluding hydrogens is 184 g/mol. The second kappa shape index (κ2) is 6.37. The van der Waals surface area contributed by atoms with Gasteiger partial charge in [0.1, 0.15) is 5.60 Å². The SMILES string of the molecule is CC(C)(C)OC=O.O=C1CNCCN1. The van der Waals surface area contributed by atoms with Gasteiger partial charge in [-0.15, -0.1) is 0 Å². The zero-order valence-electron chi connectivity index (χ0n) is 8.92. The Morgan fingerprint density at radius 3 is 2.14 bits per heavy atom. The van der Waals surface area contributed by atoms with E-state index in [4.69, 9.17) is 0 Å². The van der Waals surface area contributed by atoms with Gasteiger partial charge >= 0.3 is 0 Å². The number of hydrogen-bond donors (Lipinski definition) is 2. The summed E-state index contributed by atoms with van der Waals surface area (Å²) in [5, 5.41) is 5.60. The van der Waals surface area contributed by atoms with Gasteiger partial charge in [0, 0.05) is 13.1 Å². The molecular formula is C9H18N2O3. The lowest BCUT2D eigenvalue weighted by Crippen LogP contribution is -2.44. The van der Waals surface area contributed by atoms with Gasteiger partial charge in [-0.3, -0.25) is 9.59 Å². The van der Waals surface area contributed by atoms with Gasteiger partial charge in [-0.05, 0) is 20.8 Å². The molecule has 1 rings (SSSR count). The van der Waals surface area contributed by atoms with Crippen LogP contribution in [-0.4, -0.2) is 37.6 Å². The molecule has 14 heavy (non-hydrogen) atoms. The van der Waals surface area contributed by atoms with E-state index < -0.39 is 0 Å². The average Bonchev–Trinajstić information content (AvgIpc) is 2.04. The van der Waals surface area contributed by atoms with Gasteiger partial charge in [0.05, 0.1) is 6.54 Å². The maximum Gasteiger partial charge on any atom is 0.293 e. The molecule has 0 atom stereocenters. The Kier molecular flexibility index (Phi) is 5.87. The van der Waals surface area contributed by atoms with Crippen LogP contribution in [0.25, 0.3) is 0 Å². The molecule has 0 aliphatic carbocycles. The highest BCUT2D eigenvalue weighted by molar-refractivity contribution is 5.78. The van der Waals surface area contributed by atoms with Crippen molar-refractivity contribution < 1.29 is 14.3 Å². The van der Waals surface area contributed by atoms with E-state index in [0.717, 1.165) is 13.1 Å². The van der Waals surface area contributed by atoms with Crippen molar-refractivity contribution in [2.45, 2.75) is 26.4 Å². The molecule has 1 saturated heterocycles. The van der Waals surface area contributed by atoms with E-state index in [1.165, 1.54) is 0 Å². The first-order chi connectivity index (χ1) is 6.45. The zero-order chi connectivity index (χ0) is 11.0. The number of carbonyl (C=O) groups excluding carboxylic acids is 2. The van der Waals surface area contributed by atoms with Crippen molar-refractivity contribution in [3.05, 3.63) is 0 Å². The number of nitrogens with one attached hydrogen (secondary N) is 2. The third kappa shape index (κ3) is 8.99. The molecule has 1 amide bonds. The zero-order valence-corrected chi connectivity index (χ0v) is 8.92. The van der Waals surface area contributed by atoms with Gasteiger partial charge in [-0.2, -0.15) is 0 Å². The fourth-order valence-corrected chi connectivity index (χ4v) is 0.699. The number of carbonyl (C=O) groups is 2. The smallest absolute Gasteiger partial charge is 0.293 e. The van der Waals surface area contributed by atoms with Crippen LogP contribution >= 0.6 is 0 Å². The van der Waals surface area contributed by atoms with Crippen LogP contribution in [0.3, 0.4) is 0 Å². The highest BCUT2D eigenvalue weighted by Crippen LogP contribution is 2.02. The minimum Gasteiger partial charge on any atom is -0.462 e. The molecule has 0 aromatic heterocycles. The molecule has 1 aliphatic heterocycles. The van der Waals surface area contributed by atoms with Crippen LogP contribution in [-0.2, 0) is 14.3 Å². The maximum absolute atomic E-state index is 10.3. The summed E-state index contributed by atoms with van der Waals surface area (Å²) in [4.78, 5) is 19.9. The molecule has 0 unspecified atom stereocenters. The quantitative estimate of drug-likeness (QED) is 0.571. The van der Waals surface area contributed by atoms with E-state index in [1.807, 2.05) is 20.8 Å². The van der Waals surface area contributed by atoms with Crippen molar-refractivity contribution in [2.75, 3.05) is 19.6 Å². The predicted molar refractivity (Wildman–Crippen MR) is 52.8 cm³/mol. The number of amides is 1. The molecule has 0 bridgehead atoms. The summed E-state index contributed by atoms with van der Waals surface area (Å²) >= 11 is 0. The molecule has 1 aliphatic rings. The van der Waals surface area contributed by atoms with E-state index in [1.54, 1.807) is 0 Å². The average molecular weight is 202 g/mol. The molecule has 0 aromatic rings. The minimum atomic E-state index is -0.318. The van der Waals surface area contributed by atoms with E-state index in [2.05, 4.69) is 15.4 Å². The molecule has 2 N–H and O–H groups in total. The third-order valence-corrected chi connectivity index (χ3v) is 1.31. The summed E-state index contributed by atoms with van der Waals surface area (Å²) in [6.07, 6.45) is 0. The van der Waals surface area contributed by atoms with Gasteiger partial charge < -0.3 is 15.4 Å². The molecule has 82 valence electrons. The van der Waals surface area contributed by atoms with E-state index in [9.17, 15) is 9.59 Å². The van der Waals surface area contributed by atoms with Crippen LogP contribution in [0.4, 0.5) is 0 Å². The molecule has 0 spiro atoms. The fraction of sp³-hybridized carbons (Fsp3) is 0.778. The second-order valence-corrected chi connectivity index (χ2v) is 3.85. The normalized spacial score (nSPS) is 16.1. The lowest BCUT2D eigenvalue weighted by Gasteiger charge is -2.14. The standard InChI is InChI=1S/C5H10O2.C4H8N2O/c1-5(2,3)7-4-6;7-4-3-5-1-2-6-4/h4H,1-3H3;5H,1-3H2,(H,6,7). The van der Waals surface area contributed by atoms with Gasteiger partial charge in [-0.25, -0.2) is 0 Å². The van der Waals surface area contributed by atoms with Crippen molar-refractivity contribution in [1.29, 1.82) is 0 Å².